The molecular formula is C12H14N4O2. The molecule has 2 atom stereocenters. The van der Waals surface area contributed by atoms with Crippen LogP contribution in [0.2, 0.25) is 0 Å². The number of fused-ring (bicyclic) bond motifs is 1. The van der Waals surface area contributed by atoms with Crippen LogP contribution in [-0.2, 0) is 4.79 Å². The van der Waals surface area contributed by atoms with Crippen LogP contribution < -0.4 is 5.32 Å². The molecule has 0 bridgehead atoms. The fourth-order valence-corrected chi connectivity index (χ4v) is 2.63. The van der Waals surface area contributed by atoms with E-state index >= 15 is 0 Å². The number of nitrogens with zero attached hydrogens (tertiary/aromatic N) is 3. The van der Waals surface area contributed by atoms with E-state index in [2.05, 4.69) is 15.6 Å². The van der Waals surface area contributed by atoms with Crippen molar-refractivity contribution in [3.8, 4) is 0 Å². The first kappa shape index (κ1) is 11.2. The molecule has 3 rings (SSSR count). The molecule has 2 aromatic rings. The fraction of sp³-hybridized carbons (Fsp3) is 0.417. The monoisotopic (exact) mass is 246 g/mol. The summed E-state index contributed by atoms with van der Waals surface area (Å²) in [6.45, 7) is 1.34. The summed E-state index contributed by atoms with van der Waals surface area (Å²) < 4.78 is 1.74. The summed E-state index contributed by atoms with van der Waals surface area (Å²) in [4.78, 5) is 11.3. The van der Waals surface area contributed by atoms with Crippen LogP contribution in [0.5, 0.6) is 0 Å². The molecule has 18 heavy (non-hydrogen) atoms. The summed E-state index contributed by atoms with van der Waals surface area (Å²) in [5, 5.41) is 20.4. The van der Waals surface area contributed by atoms with E-state index in [4.69, 9.17) is 0 Å². The summed E-state index contributed by atoms with van der Waals surface area (Å²) in [5.41, 5.74) is 1.83. The third kappa shape index (κ3) is 1.74. The Kier molecular flexibility index (Phi) is 2.71. The second-order valence-electron chi connectivity index (χ2n) is 4.57. The number of carbonyl (C=O) groups is 1. The standard InChI is InChI=1S/C12H14N4O2/c17-12(18)10-7-13-5-4-9(10)11-3-1-2-8-6-14-15-16(8)11/h1-3,6,9-10,13H,4-5,7H2,(H,17,18). The first-order valence-corrected chi connectivity index (χ1v) is 6.00. The van der Waals surface area contributed by atoms with E-state index in [1.807, 2.05) is 18.2 Å². The van der Waals surface area contributed by atoms with Gasteiger partial charge in [-0.15, -0.1) is 5.10 Å². The van der Waals surface area contributed by atoms with Gasteiger partial charge in [0, 0.05) is 18.2 Å². The molecule has 0 saturated carbocycles. The van der Waals surface area contributed by atoms with Crippen molar-refractivity contribution in [3.63, 3.8) is 0 Å². The SMILES string of the molecule is O=C(O)C1CNCCC1c1cccc2cnnn12. The van der Waals surface area contributed by atoms with Crippen molar-refractivity contribution in [1.82, 2.24) is 20.1 Å². The second kappa shape index (κ2) is 4.38. The van der Waals surface area contributed by atoms with E-state index in [9.17, 15) is 9.90 Å². The molecule has 0 amide bonds. The molecule has 1 saturated heterocycles. The van der Waals surface area contributed by atoms with Gasteiger partial charge >= 0.3 is 5.97 Å². The molecule has 6 nitrogen and oxygen atoms in total. The van der Waals surface area contributed by atoms with Crippen LogP contribution in [-0.4, -0.2) is 39.0 Å². The Morgan fingerprint density at radius 3 is 3.22 bits per heavy atom. The smallest absolute Gasteiger partial charge is 0.308 e. The lowest BCUT2D eigenvalue weighted by molar-refractivity contribution is -0.143. The highest BCUT2D eigenvalue weighted by Gasteiger charge is 2.33. The maximum atomic E-state index is 11.3. The maximum absolute atomic E-state index is 11.3. The summed E-state index contributed by atoms with van der Waals surface area (Å²) in [6.07, 6.45) is 2.48. The minimum atomic E-state index is -0.760. The molecule has 0 radical (unpaired) electrons. The zero-order valence-corrected chi connectivity index (χ0v) is 9.78. The number of hydrogen-bond acceptors (Lipinski definition) is 4. The Hall–Kier alpha value is -1.95. The van der Waals surface area contributed by atoms with Crippen LogP contribution in [0.25, 0.3) is 5.52 Å². The largest absolute Gasteiger partial charge is 0.481 e. The van der Waals surface area contributed by atoms with E-state index in [0.29, 0.717) is 6.54 Å². The minimum Gasteiger partial charge on any atom is -0.481 e. The molecular weight excluding hydrogens is 232 g/mol. The van der Waals surface area contributed by atoms with Gasteiger partial charge in [0.2, 0.25) is 0 Å². The Morgan fingerprint density at radius 2 is 2.39 bits per heavy atom. The van der Waals surface area contributed by atoms with E-state index in [1.54, 1.807) is 10.7 Å². The second-order valence-corrected chi connectivity index (χ2v) is 4.57. The predicted octanol–water partition coefficient (Wildman–Crippen LogP) is 0.507. The van der Waals surface area contributed by atoms with Crippen molar-refractivity contribution in [3.05, 3.63) is 30.1 Å². The van der Waals surface area contributed by atoms with Gasteiger partial charge in [0.25, 0.3) is 0 Å². The number of carboxylic acids is 1. The average Bonchev–Trinajstić information content (AvgIpc) is 2.86. The van der Waals surface area contributed by atoms with Crippen molar-refractivity contribution in [2.45, 2.75) is 12.3 Å². The highest BCUT2D eigenvalue weighted by atomic mass is 16.4. The van der Waals surface area contributed by atoms with E-state index in [-0.39, 0.29) is 5.92 Å². The van der Waals surface area contributed by atoms with Crippen molar-refractivity contribution in [2.24, 2.45) is 5.92 Å². The first-order chi connectivity index (χ1) is 8.77. The molecule has 3 heterocycles. The lowest BCUT2D eigenvalue weighted by atomic mass is 9.83. The summed E-state index contributed by atoms with van der Waals surface area (Å²) >= 11 is 0. The molecule has 94 valence electrons. The van der Waals surface area contributed by atoms with Crippen LogP contribution in [0.3, 0.4) is 0 Å². The zero-order chi connectivity index (χ0) is 12.5. The van der Waals surface area contributed by atoms with Gasteiger partial charge in [-0.25, -0.2) is 4.52 Å². The van der Waals surface area contributed by atoms with Gasteiger partial charge in [-0.2, -0.15) is 0 Å². The summed E-state index contributed by atoms with van der Waals surface area (Å²) in [5.74, 6) is -1.19. The first-order valence-electron chi connectivity index (χ1n) is 6.00. The number of rotatable bonds is 2. The minimum absolute atomic E-state index is 0.0193. The summed E-state index contributed by atoms with van der Waals surface area (Å²) in [6, 6.07) is 5.78. The third-order valence-corrected chi connectivity index (χ3v) is 3.53. The third-order valence-electron chi connectivity index (χ3n) is 3.53. The molecule has 1 fully saturated rings. The average molecular weight is 246 g/mol. The molecule has 2 unspecified atom stereocenters. The van der Waals surface area contributed by atoms with Crippen molar-refractivity contribution in [2.75, 3.05) is 13.1 Å². The van der Waals surface area contributed by atoms with E-state index < -0.39 is 11.9 Å². The van der Waals surface area contributed by atoms with E-state index in [0.717, 1.165) is 24.2 Å². The van der Waals surface area contributed by atoms with Crippen LogP contribution in [0, 0.1) is 5.92 Å². The zero-order valence-electron chi connectivity index (χ0n) is 9.78. The fourth-order valence-electron chi connectivity index (χ4n) is 2.63. The Bertz CT molecular complexity index is 580. The van der Waals surface area contributed by atoms with Gasteiger partial charge in [0.05, 0.1) is 17.6 Å². The topological polar surface area (TPSA) is 79.5 Å². The highest BCUT2D eigenvalue weighted by molar-refractivity contribution is 5.72. The number of nitrogens with one attached hydrogen (secondary N) is 1. The maximum Gasteiger partial charge on any atom is 0.308 e. The predicted molar refractivity (Wildman–Crippen MR) is 64.3 cm³/mol. The molecule has 2 N–H and O–H groups in total. The quantitative estimate of drug-likeness (QED) is 0.807. The van der Waals surface area contributed by atoms with Gasteiger partial charge in [0.15, 0.2) is 0 Å². The lowest BCUT2D eigenvalue weighted by Gasteiger charge is -2.29. The number of carboxylic acid groups (broad SMARTS) is 1. The van der Waals surface area contributed by atoms with Crippen LogP contribution >= 0.6 is 0 Å². The molecule has 2 aromatic heterocycles. The number of aromatic nitrogens is 3. The van der Waals surface area contributed by atoms with Gasteiger partial charge in [-0.3, -0.25) is 4.79 Å². The molecule has 0 aromatic carbocycles. The van der Waals surface area contributed by atoms with Crippen LogP contribution in [0.4, 0.5) is 0 Å². The van der Waals surface area contributed by atoms with Gasteiger partial charge in [-0.05, 0) is 25.1 Å². The van der Waals surface area contributed by atoms with Gasteiger partial charge in [-0.1, -0.05) is 11.3 Å². The normalized spacial score (nSPS) is 24.2. The van der Waals surface area contributed by atoms with Crippen molar-refractivity contribution >= 4 is 11.5 Å². The molecule has 1 aliphatic heterocycles. The van der Waals surface area contributed by atoms with E-state index in [1.165, 1.54) is 0 Å². The lowest BCUT2D eigenvalue weighted by Crippen LogP contribution is -2.40. The molecule has 1 aliphatic rings. The molecule has 6 heteroatoms. The molecule has 0 aliphatic carbocycles. The Labute approximate surface area is 104 Å². The van der Waals surface area contributed by atoms with Gasteiger partial charge < -0.3 is 10.4 Å². The van der Waals surface area contributed by atoms with Crippen LogP contribution in [0.15, 0.2) is 24.4 Å². The van der Waals surface area contributed by atoms with Gasteiger partial charge in [0.1, 0.15) is 0 Å². The van der Waals surface area contributed by atoms with Crippen molar-refractivity contribution < 1.29 is 9.90 Å². The number of aliphatic carboxylic acids is 1. The Balaban J connectivity index is 2.06. The van der Waals surface area contributed by atoms with Crippen LogP contribution in [0.1, 0.15) is 18.0 Å². The Morgan fingerprint density at radius 1 is 1.50 bits per heavy atom. The number of pyridine rings is 1. The highest BCUT2D eigenvalue weighted by Crippen LogP contribution is 2.30. The molecule has 0 spiro atoms. The number of piperidine rings is 1. The summed E-state index contributed by atoms with van der Waals surface area (Å²) in [7, 11) is 0. The van der Waals surface area contributed by atoms with Crippen molar-refractivity contribution in [1.29, 1.82) is 0 Å². The number of hydrogen-bond donors (Lipinski definition) is 2.